The van der Waals surface area contributed by atoms with Gasteiger partial charge in [-0.2, -0.15) is 0 Å². The maximum atomic E-state index is 12.0. The fourth-order valence-corrected chi connectivity index (χ4v) is 9.23. The number of rotatable bonds is 11. The number of nitrogens with zero attached hydrogens (tertiary/aromatic N) is 6. The Morgan fingerprint density at radius 2 is 0.695 bits per heavy atom. The van der Waals surface area contributed by atoms with Crippen LogP contribution in [0.25, 0.3) is 106 Å². The van der Waals surface area contributed by atoms with E-state index in [4.69, 9.17) is 47.2 Å². The molecule has 9 aromatic carbocycles. The topological polar surface area (TPSA) is 194 Å². The molecule has 0 amide bonds. The number of allylic oxidation sites excluding steroid dienone is 1. The SMILES string of the molecule is N=C(N)c1cccc(C(=N)N)n1.O=C(/C=C/c1ccc2ccccc2c1)c1ccccc1.c1ccc(-c2cc(-c3ccc4ccccc4c3)nc(-c3cccc(-c4nc(-c5ccccc5)cc(-c5ccc6ccccc6c5)n4)n3)n2)cc1. The molecule has 4 heterocycles. The summed E-state index contributed by atoms with van der Waals surface area (Å²) in [5.74, 6) is 0.839. The zero-order valence-electron chi connectivity index (χ0n) is 44.3. The van der Waals surface area contributed by atoms with Crippen molar-refractivity contribution < 1.29 is 4.79 Å². The average Bonchev–Trinajstić information content (AvgIpc) is 3.74. The normalized spacial score (nSPS) is 10.9. The lowest BCUT2D eigenvalue weighted by atomic mass is 10.0. The Morgan fingerprint density at radius 3 is 1.15 bits per heavy atom. The molecule has 0 saturated heterocycles. The Bertz CT molecular complexity index is 4280. The second-order valence-electron chi connectivity index (χ2n) is 19.1. The Hall–Kier alpha value is -11.4. The van der Waals surface area contributed by atoms with Crippen LogP contribution in [0.2, 0.25) is 0 Å². The van der Waals surface area contributed by atoms with E-state index in [0.29, 0.717) is 40.0 Å². The van der Waals surface area contributed by atoms with E-state index in [2.05, 4.69) is 151 Å². The van der Waals surface area contributed by atoms with E-state index < -0.39 is 0 Å². The number of nitrogens with two attached hydrogens (primary N) is 2. The first-order chi connectivity index (χ1) is 40.2. The number of nitrogen functional groups attached to an aromatic ring is 2. The van der Waals surface area contributed by atoms with E-state index in [1.807, 2.05) is 109 Å². The summed E-state index contributed by atoms with van der Waals surface area (Å²) in [6.45, 7) is 0. The third-order valence-corrected chi connectivity index (χ3v) is 13.4. The summed E-state index contributed by atoms with van der Waals surface area (Å²) in [5, 5.41) is 21.2. The Morgan fingerprint density at radius 1 is 0.317 bits per heavy atom. The third-order valence-electron chi connectivity index (χ3n) is 13.4. The van der Waals surface area contributed by atoms with Gasteiger partial charge in [0.15, 0.2) is 17.4 Å². The number of hydrogen-bond donors (Lipinski definition) is 4. The molecule has 11 nitrogen and oxygen atoms in total. The molecule has 0 aliphatic rings. The fraction of sp³-hybridized carbons (Fsp3) is 0. The fourth-order valence-electron chi connectivity index (χ4n) is 9.23. The van der Waals surface area contributed by atoms with E-state index >= 15 is 0 Å². The predicted octanol–water partition coefficient (Wildman–Crippen LogP) is 15.4. The van der Waals surface area contributed by atoms with Crippen LogP contribution in [-0.2, 0) is 0 Å². The number of carbonyl (C=O) groups excluding carboxylic acids is 1. The second kappa shape index (κ2) is 24.5. The van der Waals surface area contributed by atoms with Crippen LogP contribution in [-0.4, -0.2) is 47.4 Å². The van der Waals surface area contributed by atoms with E-state index in [9.17, 15) is 4.79 Å². The summed E-state index contributed by atoms with van der Waals surface area (Å²) in [5.41, 5.74) is 21.4. The van der Waals surface area contributed by atoms with E-state index in [1.54, 1.807) is 24.3 Å². The Kier molecular flexibility index (Phi) is 15.7. The molecule has 0 atom stereocenters. The highest BCUT2D eigenvalue weighted by atomic mass is 16.1. The van der Waals surface area contributed by atoms with Crippen molar-refractivity contribution in [3.8, 4) is 68.1 Å². The summed E-state index contributed by atoms with van der Waals surface area (Å²) in [6.07, 6.45) is 3.49. The lowest BCUT2D eigenvalue weighted by Crippen LogP contribution is -2.18. The summed E-state index contributed by atoms with van der Waals surface area (Å²) in [6, 6.07) is 88.5. The number of aromatic nitrogens is 6. The standard InChI is InChI=1S/C45H29N5.C19H14O.C7H9N5/c1-3-14-32(15-4-1)40-28-42(36-24-22-30-12-7-9-18-34(30)26-36)49-44(47-40)38-20-11-21-39(46-38)45-48-41(33-16-5-2-6-17-33)29-43(50-45)37-25-23-31-13-8-10-19-35(31)27-37;20-19(17-7-2-1-3-8-17)13-11-15-10-12-16-6-4-5-9-18(16)14-15;8-6(9)4-2-1-3-5(12-4)7(10)11/h1-29H;1-14H;1-3H,(H3,8,9)(H3,10,11)/b;13-11+;. The lowest BCUT2D eigenvalue weighted by Gasteiger charge is -2.12. The van der Waals surface area contributed by atoms with Gasteiger partial charge in [0.2, 0.25) is 0 Å². The monoisotopic (exact) mass is 1060 g/mol. The largest absolute Gasteiger partial charge is 0.382 e. The van der Waals surface area contributed by atoms with Crippen molar-refractivity contribution in [3.63, 3.8) is 0 Å². The van der Waals surface area contributed by atoms with Crippen LogP contribution in [0.4, 0.5) is 0 Å². The van der Waals surface area contributed by atoms with Gasteiger partial charge in [0.25, 0.3) is 0 Å². The van der Waals surface area contributed by atoms with Crippen LogP contribution in [0.1, 0.15) is 27.3 Å². The number of ketones is 1. The molecule has 0 aliphatic heterocycles. The smallest absolute Gasteiger partial charge is 0.185 e. The van der Waals surface area contributed by atoms with Crippen LogP contribution in [0.15, 0.2) is 273 Å². The molecular formula is C71H52N10O. The maximum absolute atomic E-state index is 12.0. The van der Waals surface area contributed by atoms with Crippen molar-refractivity contribution in [1.82, 2.24) is 29.9 Å². The van der Waals surface area contributed by atoms with E-state index in [1.165, 1.54) is 21.5 Å². The Balaban J connectivity index is 0.000000179. The van der Waals surface area contributed by atoms with Gasteiger partial charge in [0.1, 0.15) is 34.4 Å². The molecule has 0 radical (unpaired) electrons. The van der Waals surface area contributed by atoms with E-state index in [0.717, 1.165) is 61.4 Å². The summed E-state index contributed by atoms with van der Waals surface area (Å²) in [7, 11) is 0. The number of nitrogens with one attached hydrogen (secondary N) is 2. The molecule has 0 fully saturated rings. The van der Waals surface area contributed by atoms with Crippen LogP contribution in [0.3, 0.4) is 0 Å². The first-order valence-electron chi connectivity index (χ1n) is 26.4. The van der Waals surface area contributed by atoms with Crippen molar-refractivity contribution >= 4 is 55.8 Å². The van der Waals surface area contributed by atoms with Crippen LogP contribution >= 0.6 is 0 Å². The highest BCUT2D eigenvalue weighted by molar-refractivity contribution is 6.07. The first-order valence-corrected chi connectivity index (χ1v) is 26.4. The molecule has 0 saturated carbocycles. The van der Waals surface area contributed by atoms with Crippen LogP contribution in [0, 0.1) is 10.8 Å². The van der Waals surface area contributed by atoms with Gasteiger partial charge >= 0.3 is 0 Å². The van der Waals surface area contributed by atoms with Gasteiger partial charge in [-0.3, -0.25) is 15.6 Å². The summed E-state index contributed by atoms with van der Waals surface area (Å²) < 4.78 is 0. The number of hydrogen-bond acceptors (Lipinski definition) is 9. The van der Waals surface area contributed by atoms with Crippen molar-refractivity contribution in [1.29, 1.82) is 10.8 Å². The van der Waals surface area contributed by atoms with Gasteiger partial charge in [0.05, 0.1) is 22.8 Å². The van der Waals surface area contributed by atoms with Gasteiger partial charge in [0, 0.05) is 27.8 Å². The number of carbonyl (C=O) groups is 1. The minimum absolute atomic E-state index is 0.0266. The number of fused-ring (bicyclic) bond motifs is 3. The molecule has 0 unspecified atom stereocenters. The molecule has 11 heteroatoms. The van der Waals surface area contributed by atoms with Gasteiger partial charge in [-0.15, -0.1) is 0 Å². The van der Waals surface area contributed by atoms with Crippen molar-refractivity contribution in [3.05, 3.63) is 296 Å². The number of amidine groups is 2. The molecule has 82 heavy (non-hydrogen) atoms. The molecule has 392 valence electrons. The van der Waals surface area contributed by atoms with Gasteiger partial charge < -0.3 is 11.5 Å². The second-order valence-corrected chi connectivity index (χ2v) is 19.1. The highest BCUT2D eigenvalue weighted by Gasteiger charge is 2.16. The molecule has 0 spiro atoms. The molecule has 4 aromatic heterocycles. The van der Waals surface area contributed by atoms with Crippen molar-refractivity contribution in [2.24, 2.45) is 11.5 Å². The average molecular weight is 1060 g/mol. The zero-order valence-corrected chi connectivity index (χ0v) is 44.3. The minimum Gasteiger partial charge on any atom is -0.382 e. The minimum atomic E-state index is -0.127. The van der Waals surface area contributed by atoms with Crippen LogP contribution < -0.4 is 11.5 Å². The van der Waals surface area contributed by atoms with Crippen molar-refractivity contribution in [2.45, 2.75) is 0 Å². The maximum Gasteiger partial charge on any atom is 0.185 e. The number of pyridine rings is 2. The summed E-state index contributed by atoms with van der Waals surface area (Å²) >= 11 is 0. The summed E-state index contributed by atoms with van der Waals surface area (Å²) in [4.78, 5) is 41.2. The van der Waals surface area contributed by atoms with Gasteiger partial charge in [-0.25, -0.2) is 29.9 Å². The molecular weight excluding hydrogens is 1010 g/mol. The van der Waals surface area contributed by atoms with Gasteiger partial charge in [-0.05, 0) is 98.6 Å². The quantitative estimate of drug-likeness (QED) is 0.0422. The first kappa shape index (κ1) is 52.6. The lowest BCUT2D eigenvalue weighted by molar-refractivity contribution is 0.104. The predicted molar refractivity (Wildman–Crippen MR) is 333 cm³/mol. The molecule has 13 rings (SSSR count). The molecule has 0 bridgehead atoms. The van der Waals surface area contributed by atoms with Crippen molar-refractivity contribution in [2.75, 3.05) is 0 Å². The molecule has 0 aliphatic carbocycles. The highest BCUT2D eigenvalue weighted by Crippen LogP contribution is 2.32. The number of benzene rings is 9. The Labute approximate surface area is 474 Å². The van der Waals surface area contributed by atoms with Gasteiger partial charge in [-0.1, -0.05) is 218 Å². The molecule has 6 N–H and O–H groups in total. The zero-order chi connectivity index (χ0) is 56.2. The molecule has 13 aromatic rings. The van der Waals surface area contributed by atoms with Crippen LogP contribution in [0.5, 0.6) is 0 Å². The third kappa shape index (κ3) is 12.6. The van der Waals surface area contributed by atoms with E-state index in [-0.39, 0.29) is 17.5 Å².